The highest BCUT2D eigenvalue weighted by Gasteiger charge is 2.12. The van der Waals surface area contributed by atoms with Gasteiger partial charge in [0.2, 0.25) is 0 Å². The van der Waals surface area contributed by atoms with Crippen molar-refractivity contribution in [1.82, 2.24) is 0 Å². The lowest BCUT2D eigenvalue weighted by Crippen LogP contribution is -1.91. The second-order valence-corrected chi connectivity index (χ2v) is 4.52. The van der Waals surface area contributed by atoms with E-state index in [4.69, 9.17) is 16.0 Å². The largest absolute Gasteiger partial charge is 0.458 e. The third kappa shape index (κ3) is 2.54. The zero-order valence-electron chi connectivity index (χ0n) is 9.90. The molecule has 2 rings (SSSR count). The van der Waals surface area contributed by atoms with Crippen molar-refractivity contribution in [2.75, 3.05) is 0 Å². The topological polar surface area (TPSA) is 33.4 Å². The molecule has 17 heavy (non-hydrogen) atoms. The van der Waals surface area contributed by atoms with E-state index in [1.165, 1.54) is 0 Å². The second-order valence-electron chi connectivity index (χ2n) is 4.09. The second kappa shape index (κ2) is 4.94. The maximum atomic E-state index is 9.69. The number of hydrogen-bond donors (Lipinski definition) is 1. The number of halogens is 1. The summed E-state index contributed by atoms with van der Waals surface area (Å²) in [6, 6.07) is 9.36. The third-order valence-electron chi connectivity index (χ3n) is 2.80. The van der Waals surface area contributed by atoms with Gasteiger partial charge < -0.3 is 9.52 Å². The first-order chi connectivity index (χ1) is 8.11. The van der Waals surface area contributed by atoms with Gasteiger partial charge in [0, 0.05) is 10.6 Å². The minimum absolute atomic E-state index is 0.531. The molecule has 1 unspecified atom stereocenters. The Labute approximate surface area is 106 Å². The van der Waals surface area contributed by atoms with Crippen LogP contribution in [-0.2, 0) is 0 Å². The molecule has 0 amide bonds. The minimum Gasteiger partial charge on any atom is -0.458 e. The van der Waals surface area contributed by atoms with E-state index in [-0.39, 0.29) is 0 Å². The van der Waals surface area contributed by atoms with Crippen molar-refractivity contribution >= 4 is 11.6 Å². The summed E-state index contributed by atoms with van der Waals surface area (Å²) < 4.78 is 5.65. The molecule has 0 aliphatic carbocycles. The maximum Gasteiger partial charge on any atom is 0.134 e. The molecule has 3 heteroatoms. The van der Waals surface area contributed by atoms with Crippen molar-refractivity contribution in [3.8, 4) is 11.3 Å². The molecule has 0 fully saturated rings. The van der Waals surface area contributed by atoms with E-state index >= 15 is 0 Å². The third-order valence-corrected chi connectivity index (χ3v) is 3.03. The lowest BCUT2D eigenvalue weighted by atomic mass is 10.1. The molecule has 1 aromatic heterocycles. The van der Waals surface area contributed by atoms with Gasteiger partial charge in [-0.05, 0) is 49.2 Å². The summed E-state index contributed by atoms with van der Waals surface area (Å²) in [4.78, 5) is 0. The van der Waals surface area contributed by atoms with Gasteiger partial charge in [-0.25, -0.2) is 0 Å². The van der Waals surface area contributed by atoms with Crippen molar-refractivity contribution in [3.63, 3.8) is 0 Å². The summed E-state index contributed by atoms with van der Waals surface area (Å²) in [5.41, 5.74) is 2.06. The van der Waals surface area contributed by atoms with Gasteiger partial charge in [-0.15, -0.1) is 0 Å². The lowest BCUT2D eigenvalue weighted by molar-refractivity contribution is 0.147. The summed E-state index contributed by atoms with van der Waals surface area (Å²) in [6.45, 7) is 3.90. The SMILES string of the molecule is CCC(O)c1ccc(-c2ccc(Cl)cc2C)o1. The molecule has 1 aromatic carbocycles. The first kappa shape index (κ1) is 12.2. The lowest BCUT2D eigenvalue weighted by Gasteiger charge is -2.05. The van der Waals surface area contributed by atoms with Crippen LogP contribution in [0.25, 0.3) is 11.3 Å². The fourth-order valence-corrected chi connectivity index (χ4v) is 2.01. The first-order valence-corrected chi connectivity index (χ1v) is 6.04. The highest BCUT2D eigenvalue weighted by molar-refractivity contribution is 6.30. The van der Waals surface area contributed by atoms with Crippen LogP contribution in [0.3, 0.4) is 0 Å². The average Bonchev–Trinajstić information content (AvgIpc) is 2.77. The van der Waals surface area contributed by atoms with Gasteiger partial charge in [-0.1, -0.05) is 18.5 Å². The fraction of sp³-hybridized carbons (Fsp3) is 0.286. The predicted molar refractivity (Wildman–Crippen MR) is 69.1 cm³/mol. The van der Waals surface area contributed by atoms with Crippen molar-refractivity contribution < 1.29 is 9.52 Å². The first-order valence-electron chi connectivity index (χ1n) is 5.66. The van der Waals surface area contributed by atoms with Crippen LogP contribution in [0.1, 0.15) is 30.8 Å². The van der Waals surface area contributed by atoms with Gasteiger partial charge in [0.1, 0.15) is 17.6 Å². The summed E-state index contributed by atoms with van der Waals surface area (Å²) >= 11 is 5.91. The van der Waals surface area contributed by atoms with Gasteiger partial charge in [-0.3, -0.25) is 0 Å². The van der Waals surface area contributed by atoms with E-state index in [1.54, 1.807) is 0 Å². The summed E-state index contributed by atoms with van der Waals surface area (Å²) in [6.07, 6.45) is 0.114. The maximum absolute atomic E-state index is 9.69. The van der Waals surface area contributed by atoms with Gasteiger partial charge in [-0.2, -0.15) is 0 Å². The molecule has 0 saturated carbocycles. The number of furan rings is 1. The van der Waals surface area contributed by atoms with Crippen LogP contribution in [0.2, 0.25) is 5.02 Å². The minimum atomic E-state index is -0.531. The zero-order chi connectivity index (χ0) is 12.4. The Hall–Kier alpha value is -1.25. The van der Waals surface area contributed by atoms with E-state index < -0.39 is 6.10 Å². The molecule has 0 radical (unpaired) electrons. The smallest absolute Gasteiger partial charge is 0.134 e. The Morgan fingerprint density at radius 2 is 2.06 bits per heavy atom. The monoisotopic (exact) mass is 250 g/mol. The highest BCUT2D eigenvalue weighted by Crippen LogP contribution is 2.30. The number of hydrogen-bond acceptors (Lipinski definition) is 2. The quantitative estimate of drug-likeness (QED) is 0.879. The zero-order valence-corrected chi connectivity index (χ0v) is 10.7. The van der Waals surface area contributed by atoms with Gasteiger partial charge in [0.05, 0.1) is 0 Å². The fourth-order valence-electron chi connectivity index (χ4n) is 1.78. The summed E-state index contributed by atoms with van der Waals surface area (Å²) in [5.74, 6) is 1.37. The molecule has 90 valence electrons. The Bertz CT molecular complexity index is 517. The summed E-state index contributed by atoms with van der Waals surface area (Å²) in [5, 5.41) is 10.4. The van der Waals surface area contributed by atoms with E-state index in [0.717, 1.165) is 16.9 Å². The molecule has 0 spiro atoms. The number of rotatable bonds is 3. The van der Waals surface area contributed by atoms with Crippen LogP contribution >= 0.6 is 11.6 Å². The molecule has 0 aliphatic rings. The van der Waals surface area contributed by atoms with Crippen LogP contribution in [0, 0.1) is 6.92 Å². The molecular weight excluding hydrogens is 236 g/mol. The van der Waals surface area contributed by atoms with Crippen LogP contribution in [0.5, 0.6) is 0 Å². The van der Waals surface area contributed by atoms with Crippen LogP contribution < -0.4 is 0 Å². The van der Waals surface area contributed by atoms with Crippen LogP contribution in [-0.4, -0.2) is 5.11 Å². The highest BCUT2D eigenvalue weighted by atomic mass is 35.5. The van der Waals surface area contributed by atoms with Gasteiger partial charge >= 0.3 is 0 Å². The van der Waals surface area contributed by atoms with E-state index in [2.05, 4.69) is 0 Å². The molecule has 1 atom stereocenters. The van der Waals surface area contributed by atoms with Crippen LogP contribution in [0.4, 0.5) is 0 Å². The molecule has 0 bridgehead atoms. The van der Waals surface area contributed by atoms with Crippen molar-refractivity contribution in [2.24, 2.45) is 0 Å². The standard InChI is InChI=1S/C14H15ClO2/c1-3-12(16)14-7-6-13(17-14)11-5-4-10(15)8-9(11)2/h4-8,12,16H,3H2,1-2H3. The number of aliphatic hydroxyl groups excluding tert-OH is 1. The molecule has 2 aromatic rings. The number of aliphatic hydroxyl groups is 1. The van der Waals surface area contributed by atoms with Gasteiger partial charge in [0.25, 0.3) is 0 Å². The van der Waals surface area contributed by atoms with Crippen molar-refractivity contribution in [2.45, 2.75) is 26.4 Å². The predicted octanol–water partition coefficient (Wildman–Crippen LogP) is 4.35. The van der Waals surface area contributed by atoms with Crippen molar-refractivity contribution in [1.29, 1.82) is 0 Å². The van der Waals surface area contributed by atoms with E-state index in [0.29, 0.717) is 17.2 Å². The van der Waals surface area contributed by atoms with Crippen LogP contribution in [0.15, 0.2) is 34.7 Å². The molecule has 1 heterocycles. The van der Waals surface area contributed by atoms with E-state index in [9.17, 15) is 5.11 Å². The summed E-state index contributed by atoms with van der Waals surface area (Å²) in [7, 11) is 0. The van der Waals surface area contributed by atoms with E-state index in [1.807, 2.05) is 44.2 Å². The number of aryl methyl sites for hydroxylation is 1. The molecule has 1 N–H and O–H groups in total. The molecule has 0 saturated heterocycles. The normalized spacial score (nSPS) is 12.7. The number of benzene rings is 1. The molecule has 0 aliphatic heterocycles. The Balaban J connectivity index is 2.37. The molecule has 2 nitrogen and oxygen atoms in total. The Morgan fingerprint density at radius 3 is 2.71 bits per heavy atom. The van der Waals surface area contributed by atoms with Gasteiger partial charge in [0.15, 0.2) is 0 Å². The average molecular weight is 251 g/mol. The van der Waals surface area contributed by atoms with Crippen molar-refractivity contribution in [3.05, 3.63) is 46.7 Å². The Morgan fingerprint density at radius 1 is 1.29 bits per heavy atom. The Kier molecular flexibility index (Phi) is 3.55. The molecular formula is C14H15ClO2.